The van der Waals surface area contributed by atoms with Crippen LogP contribution in [0.4, 0.5) is 10.2 Å². The Morgan fingerprint density at radius 2 is 2.00 bits per heavy atom. The summed E-state index contributed by atoms with van der Waals surface area (Å²) in [5.41, 5.74) is 0.492. The number of aromatic nitrogens is 2. The van der Waals surface area contributed by atoms with Crippen LogP contribution in [0.2, 0.25) is 0 Å². The second-order valence-electron chi connectivity index (χ2n) is 9.75. The van der Waals surface area contributed by atoms with Crippen molar-refractivity contribution >= 4 is 11.7 Å². The average Bonchev–Trinajstić information content (AvgIpc) is 3.66. The number of para-hydroxylation sites is 1. The normalized spacial score (nSPS) is 13.4. The molecule has 8 heteroatoms. The number of ether oxygens (including phenoxy) is 1. The third-order valence-corrected chi connectivity index (χ3v) is 6.34. The van der Waals surface area contributed by atoms with Crippen LogP contribution in [0, 0.1) is 12.7 Å². The number of hydrogen-bond donors (Lipinski definition) is 2. The second kappa shape index (κ2) is 10.5. The number of carbonyl (C=O) groups excluding carboxylic acids is 1. The molecule has 2 N–H and O–H groups in total. The molecule has 7 nitrogen and oxygen atoms in total. The van der Waals surface area contributed by atoms with Crippen molar-refractivity contribution < 1.29 is 13.9 Å². The number of anilines is 1. The minimum absolute atomic E-state index is 0.110. The van der Waals surface area contributed by atoms with Gasteiger partial charge in [0.05, 0.1) is 17.8 Å². The molecule has 4 rings (SSSR count). The highest BCUT2D eigenvalue weighted by atomic mass is 19.1. The molecule has 0 aliphatic heterocycles. The lowest BCUT2D eigenvalue weighted by molar-refractivity contribution is 0.0950. The Morgan fingerprint density at radius 1 is 1.25 bits per heavy atom. The van der Waals surface area contributed by atoms with Crippen LogP contribution in [0.15, 0.2) is 53.6 Å². The van der Waals surface area contributed by atoms with Gasteiger partial charge in [0.2, 0.25) is 0 Å². The van der Waals surface area contributed by atoms with Gasteiger partial charge in [-0.2, -0.15) is 0 Å². The summed E-state index contributed by atoms with van der Waals surface area (Å²) in [6.07, 6.45) is 6.79. The van der Waals surface area contributed by atoms with Crippen LogP contribution in [-0.4, -0.2) is 28.1 Å². The van der Waals surface area contributed by atoms with Gasteiger partial charge in [-0.3, -0.25) is 14.2 Å². The van der Waals surface area contributed by atoms with Gasteiger partial charge in [-0.25, -0.2) is 9.37 Å². The van der Waals surface area contributed by atoms with Gasteiger partial charge in [-0.15, -0.1) is 0 Å². The van der Waals surface area contributed by atoms with Gasteiger partial charge in [0.1, 0.15) is 11.6 Å². The van der Waals surface area contributed by atoms with E-state index in [1.54, 1.807) is 13.0 Å². The molecule has 190 valence electrons. The summed E-state index contributed by atoms with van der Waals surface area (Å²) in [5.74, 6) is -0.0467. The number of halogens is 1. The Kier molecular flexibility index (Phi) is 7.43. The SMILES string of the molecule is CCCCOc1ccccc1C(C)(C)Nc1nccn(-c2cc(C(=O)NC3CC3)cc(F)c2C)c1=O. The third-order valence-electron chi connectivity index (χ3n) is 6.34. The molecule has 0 spiro atoms. The Balaban J connectivity index is 1.67. The summed E-state index contributed by atoms with van der Waals surface area (Å²) in [6, 6.07) is 10.6. The summed E-state index contributed by atoms with van der Waals surface area (Å²) < 4.78 is 22.1. The van der Waals surface area contributed by atoms with Gasteiger partial charge in [0.25, 0.3) is 11.5 Å². The van der Waals surface area contributed by atoms with Crippen LogP contribution in [0.5, 0.6) is 5.75 Å². The van der Waals surface area contributed by atoms with Gasteiger partial charge in [0, 0.05) is 35.1 Å². The molecule has 2 aromatic carbocycles. The van der Waals surface area contributed by atoms with Crippen molar-refractivity contribution in [2.75, 3.05) is 11.9 Å². The van der Waals surface area contributed by atoms with Crippen LogP contribution >= 0.6 is 0 Å². The lowest BCUT2D eigenvalue weighted by Gasteiger charge is -2.29. The molecule has 1 amide bonds. The zero-order valence-corrected chi connectivity index (χ0v) is 21.2. The molecule has 36 heavy (non-hydrogen) atoms. The summed E-state index contributed by atoms with van der Waals surface area (Å²) in [6.45, 7) is 8.19. The standard InChI is InChI=1S/C28H33FN4O3/c1-5-6-15-36-24-10-8-7-9-21(24)28(3,4)32-25-27(35)33(14-13-30-25)23-17-19(16-22(29)18(23)2)26(34)31-20-11-12-20/h7-10,13-14,16-17,20H,5-6,11-12,15H2,1-4H3,(H,30,32)(H,31,34). The lowest BCUT2D eigenvalue weighted by atomic mass is 9.93. The third kappa shape index (κ3) is 5.58. The first-order chi connectivity index (χ1) is 17.2. The van der Waals surface area contributed by atoms with Crippen molar-refractivity contribution in [2.24, 2.45) is 0 Å². The molecule has 1 fully saturated rings. The number of unbranched alkanes of at least 4 members (excludes halogenated alkanes) is 1. The molecule has 3 aromatic rings. The first-order valence-corrected chi connectivity index (χ1v) is 12.4. The molecule has 1 aromatic heterocycles. The van der Waals surface area contributed by atoms with E-state index in [2.05, 4.69) is 22.5 Å². The number of rotatable bonds is 10. The fourth-order valence-corrected chi connectivity index (χ4v) is 4.03. The van der Waals surface area contributed by atoms with Crippen LogP contribution < -0.4 is 20.9 Å². The van der Waals surface area contributed by atoms with Crippen LogP contribution in [0.3, 0.4) is 0 Å². The smallest absolute Gasteiger partial charge is 0.297 e. The average molecular weight is 493 g/mol. The number of hydrogen-bond acceptors (Lipinski definition) is 5. The molecule has 0 bridgehead atoms. The fourth-order valence-electron chi connectivity index (χ4n) is 4.03. The quantitative estimate of drug-likeness (QED) is 0.385. The lowest BCUT2D eigenvalue weighted by Crippen LogP contribution is -2.34. The zero-order chi connectivity index (χ0) is 25.9. The van der Waals surface area contributed by atoms with Gasteiger partial charge < -0.3 is 15.4 Å². The molecule has 0 saturated heterocycles. The fraction of sp³-hybridized carbons (Fsp3) is 0.393. The van der Waals surface area contributed by atoms with Crippen molar-refractivity contribution in [2.45, 2.75) is 65.0 Å². The minimum atomic E-state index is -0.694. The Hall–Kier alpha value is -3.68. The topological polar surface area (TPSA) is 85.2 Å². The van der Waals surface area contributed by atoms with Crippen molar-refractivity contribution in [3.63, 3.8) is 0 Å². The van der Waals surface area contributed by atoms with Crippen molar-refractivity contribution in [1.82, 2.24) is 14.9 Å². The molecular formula is C28H33FN4O3. The highest BCUT2D eigenvalue weighted by Gasteiger charge is 2.27. The maximum absolute atomic E-state index is 14.8. The Morgan fingerprint density at radius 3 is 2.72 bits per heavy atom. The zero-order valence-electron chi connectivity index (χ0n) is 21.2. The Labute approximate surface area is 210 Å². The second-order valence-corrected chi connectivity index (χ2v) is 9.75. The molecule has 1 saturated carbocycles. The van der Waals surface area contributed by atoms with Crippen molar-refractivity contribution in [3.05, 3.63) is 81.7 Å². The first kappa shape index (κ1) is 25.4. The highest BCUT2D eigenvalue weighted by molar-refractivity contribution is 5.95. The Bertz CT molecular complexity index is 1310. The van der Waals surface area contributed by atoms with E-state index >= 15 is 0 Å². The van der Waals surface area contributed by atoms with Crippen LogP contribution in [0.1, 0.15) is 67.9 Å². The molecule has 1 aliphatic carbocycles. The molecule has 1 aliphatic rings. The first-order valence-electron chi connectivity index (χ1n) is 12.4. The maximum atomic E-state index is 14.8. The largest absolute Gasteiger partial charge is 0.493 e. The van der Waals surface area contributed by atoms with E-state index < -0.39 is 16.9 Å². The number of benzene rings is 2. The number of amides is 1. The van der Waals surface area contributed by atoms with E-state index in [1.165, 1.54) is 23.0 Å². The van der Waals surface area contributed by atoms with E-state index in [-0.39, 0.29) is 28.9 Å². The monoisotopic (exact) mass is 492 g/mol. The van der Waals surface area contributed by atoms with E-state index in [4.69, 9.17) is 4.74 Å². The predicted octanol–water partition coefficient (Wildman–Crippen LogP) is 5.10. The summed E-state index contributed by atoms with van der Waals surface area (Å²) in [7, 11) is 0. The minimum Gasteiger partial charge on any atom is -0.493 e. The van der Waals surface area contributed by atoms with E-state index in [9.17, 15) is 14.0 Å². The van der Waals surface area contributed by atoms with Gasteiger partial charge in [-0.05, 0) is 58.2 Å². The molecular weight excluding hydrogens is 459 g/mol. The van der Waals surface area contributed by atoms with Crippen LogP contribution in [-0.2, 0) is 5.54 Å². The van der Waals surface area contributed by atoms with E-state index in [0.29, 0.717) is 12.3 Å². The summed E-state index contributed by atoms with van der Waals surface area (Å²) in [4.78, 5) is 30.3. The summed E-state index contributed by atoms with van der Waals surface area (Å²) in [5, 5.41) is 6.12. The van der Waals surface area contributed by atoms with E-state index in [0.717, 1.165) is 37.0 Å². The van der Waals surface area contributed by atoms with Gasteiger partial charge in [0.15, 0.2) is 5.82 Å². The molecule has 0 radical (unpaired) electrons. The predicted molar refractivity (Wildman–Crippen MR) is 139 cm³/mol. The molecule has 1 heterocycles. The molecule has 0 atom stereocenters. The molecule has 0 unspecified atom stereocenters. The number of nitrogens with zero attached hydrogens (tertiary/aromatic N) is 2. The van der Waals surface area contributed by atoms with E-state index in [1.807, 2.05) is 38.1 Å². The van der Waals surface area contributed by atoms with Crippen molar-refractivity contribution in [1.29, 1.82) is 0 Å². The maximum Gasteiger partial charge on any atom is 0.297 e. The number of nitrogens with one attached hydrogen (secondary N) is 2. The number of carbonyl (C=O) groups is 1. The van der Waals surface area contributed by atoms with Gasteiger partial charge in [-0.1, -0.05) is 31.5 Å². The highest BCUT2D eigenvalue weighted by Crippen LogP contribution is 2.32. The van der Waals surface area contributed by atoms with Crippen molar-refractivity contribution in [3.8, 4) is 11.4 Å². The summed E-state index contributed by atoms with van der Waals surface area (Å²) >= 11 is 0. The van der Waals surface area contributed by atoms with Crippen LogP contribution in [0.25, 0.3) is 5.69 Å². The van der Waals surface area contributed by atoms with Gasteiger partial charge >= 0.3 is 0 Å².